The number of hydrogen-bond donors (Lipinski definition) is 0. The van der Waals surface area contributed by atoms with Gasteiger partial charge in [-0.25, -0.2) is 0 Å². The van der Waals surface area contributed by atoms with Gasteiger partial charge in [0.1, 0.15) is 0 Å². The van der Waals surface area contributed by atoms with Gasteiger partial charge in [-0.2, -0.15) is 0 Å². The number of hydrogen-bond acceptors (Lipinski definition) is 1. The van der Waals surface area contributed by atoms with Crippen LogP contribution in [-0.4, -0.2) is 25.5 Å². The van der Waals surface area contributed by atoms with Gasteiger partial charge in [-0.05, 0) is 0 Å². The van der Waals surface area contributed by atoms with Crippen molar-refractivity contribution in [2.75, 3.05) is 20.6 Å². The molecular weight excluding hydrogens is 277 g/mol. The van der Waals surface area contributed by atoms with Crippen molar-refractivity contribution in [1.29, 1.82) is 0 Å². The van der Waals surface area contributed by atoms with E-state index in [1.165, 1.54) is 11.1 Å². The zero-order valence-corrected chi connectivity index (χ0v) is 14.0. The zero-order valence-electron chi connectivity index (χ0n) is 10.9. The van der Waals surface area contributed by atoms with Crippen LogP contribution in [-0.2, 0) is 20.4 Å². The second-order valence-electron chi connectivity index (χ2n) is 4.82. The molecule has 16 heavy (non-hydrogen) atoms. The van der Waals surface area contributed by atoms with Crippen LogP contribution in [0.1, 0.15) is 27.7 Å². The van der Waals surface area contributed by atoms with Crippen LogP contribution in [0.3, 0.4) is 0 Å². The second kappa shape index (κ2) is 6.61. The first-order valence-corrected chi connectivity index (χ1v) is 5.84. The molecular formula is C12H20Cl2NTi. The molecule has 0 heterocycles. The summed E-state index contributed by atoms with van der Waals surface area (Å²) in [6.45, 7) is 10.2. The molecule has 0 fully saturated rings. The van der Waals surface area contributed by atoms with Crippen LogP contribution in [0.2, 0.25) is 0 Å². The normalized spacial score (nSPS) is 24.8. The van der Waals surface area contributed by atoms with Crippen molar-refractivity contribution < 1.29 is 45.2 Å². The molecule has 0 saturated carbocycles. The third-order valence-electron chi connectivity index (χ3n) is 3.51. The van der Waals surface area contributed by atoms with Crippen LogP contribution in [0.4, 0.5) is 0 Å². The van der Waals surface area contributed by atoms with Gasteiger partial charge >= 0.3 is 99.7 Å². The van der Waals surface area contributed by atoms with Crippen molar-refractivity contribution in [2.24, 2.45) is 5.41 Å². The van der Waals surface area contributed by atoms with Gasteiger partial charge in [0.05, 0.1) is 0 Å². The molecule has 0 aromatic heterocycles. The van der Waals surface area contributed by atoms with Crippen molar-refractivity contribution in [1.82, 2.24) is 4.90 Å². The first-order chi connectivity index (χ1) is 6.30. The molecule has 1 aliphatic carbocycles. The molecule has 0 saturated heterocycles. The van der Waals surface area contributed by atoms with Gasteiger partial charge in [0.2, 0.25) is 0 Å². The predicted molar refractivity (Wildman–Crippen MR) is 57.7 cm³/mol. The van der Waals surface area contributed by atoms with Crippen molar-refractivity contribution in [3.05, 3.63) is 20.6 Å². The maximum absolute atomic E-state index is 2.36. The minimum Gasteiger partial charge on any atom is -1.00 e. The topological polar surface area (TPSA) is 3.24 Å². The zero-order chi connectivity index (χ0) is 11.1. The van der Waals surface area contributed by atoms with E-state index in [0.29, 0.717) is 0 Å². The number of rotatable bonds is 2. The standard InChI is InChI=1S/C12H20N.2ClH.Ti/c1-9-7-12(4,8-13(5)6)11(3)10(9)2;;;/h8H2,1-6H3;2*1H;/q;;;+2/p-2. The summed E-state index contributed by atoms with van der Waals surface area (Å²) in [5, 5.41) is 0. The average molecular weight is 297 g/mol. The van der Waals surface area contributed by atoms with Crippen molar-refractivity contribution in [2.45, 2.75) is 27.7 Å². The largest absolute Gasteiger partial charge is 1.00 e. The van der Waals surface area contributed by atoms with Crippen LogP contribution in [0.15, 0.2) is 20.6 Å². The molecule has 1 rings (SSSR count). The van der Waals surface area contributed by atoms with Crippen molar-refractivity contribution in [3.8, 4) is 0 Å². The maximum Gasteiger partial charge on any atom is -1.00 e. The van der Waals surface area contributed by atoms with Crippen molar-refractivity contribution in [3.63, 3.8) is 0 Å². The molecule has 0 aromatic rings. The van der Waals surface area contributed by atoms with Crippen LogP contribution in [0, 0.1) is 5.41 Å². The Bertz CT molecular complexity index is 295. The molecule has 1 aliphatic rings. The predicted octanol–water partition coefficient (Wildman–Crippen LogP) is -3.27. The second-order valence-corrected chi connectivity index (χ2v) is 5.60. The van der Waals surface area contributed by atoms with E-state index < -0.39 is 0 Å². The third kappa shape index (κ3) is 3.14. The fraction of sp³-hybridized carbons (Fsp3) is 0.667. The van der Waals surface area contributed by atoms with E-state index in [4.69, 9.17) is 0 Å². The molecule has 0 aromatic carbocycles. The Balaban J connectivity index is 0. The van der Waals surface area contributed by atoms with Crippen molar-refractivity contribution >= 4 is 0 Å². The summed E-state index contributed by atoms with van der Waals surface area (Å²) in [7, 11) is 4.30. The summed E-state index contributed by atoms with van der Waals surface area (Å²) in [6.07, 6.45) is 0. The number of halogens is 2. The molecule has 0 aliphatic heterocycles. The molecule has 0 bridgehead atoms. The third-order valence-corrected chi connectivity index (χ3v) is 4.96. The molecule has 4 heteroatoms. The summed E-state index contributed by atoms with van der Waals surface area (Å²) >= 11 is 2.28. The summed E-state index contributed by atoms with van der Waals surface area (Å²) in [5.74, 6) is 0. The van der Waals surface area contributed by atoms with E-state index in [1.54, 1.807) is 9.45 Å². The van der Waals surface area contributed by atoms with E-state index in [1.807, 2.05) is 0 Å². The van der Waals surface area contributed by atoms with E-state index >= 15 is 0 Å². The summed E-state index contributed by atoms with van der Waals surface area (Å²) in [4.78, 5) is 2.28. The summed E-state index contributed by atoms with van der Waals surface area (Å²) in [6, 6.07) is 0. The van der Waals surface area contributed by atoms with E-state index in [2.05, 4.69) is 67.1 Å². The Morgan fingerprint density at radius 3 is 1.75 bits per heavy atom. The van der Waals surface area contributed by atoms with E-state index in [-0.39, 0.29) is 30.2 Å². The first-order valence-electron chi connectivity index (χ1n) is 5.06. The Hall–Kier alpha value is 0.734. The number of nitrogens with zero attached hydrogens (tertiary/aromatic N) is 1. The average Bonchev–Trinajstić information content (AvgIpc) is 2.21. The van der Waals surface area contributed by atoms with E-state index in [9.17, 15) is 0 Å². The molecule has 0 amide bonds. The van der Waals surface area contributed by atoms with Crippen LogP contribution < -0.4 is 24.8 Å². The van der Waals surface area contributed by atoms with Gasteiger partial charge < -0.3 is 24.8 Å². The molecule has 0 radical (unpaired) electrons. The van der Waals surface area contributed by atoms with Crippen LogP contribution in [0.25, 0.3) is 0 Å². The first kappa shape index (κ1) is 19.1. The fourth-order valence-electron chi connectivity index (χ4n) is 2.31. The van der Waals surface area contributed by atoms with Gasteiger partial charge in [0.25, 0.3) is 0 Å². The molecule has 1 nitrogen and oxygen atoms in total. The molecule has 0 spiro atoms. The Morgan fingerprint density at radius 1 is 1.06 bits per heavy atom. The maximum atomic E-state index is 2.36. The summed E-state index contributed by atoms with van der Waals surface area (Å²) in [5.41, 5.74) is 4.79. The van der Waals surface area contributed by atoms with Gasteiger partial charge in [-0.15, -0.1) is 0 Å². The Labute approximate surface area is 124 Å². The molecule has 1 unspecified atom stereocenters. The van der Waals surface area contributed by atoms with Gasteiger partial charge in [0, 0.05) is 0 Å². The van der Waals surface area contributed by atoms with E-state index in [0.717, 1.165) is 6.54 Å². The Morgan fingerprint density at radius 2 is 1.50 bits per heavy atom. The smallest absolute Gasteiger partial charge is 1.00 e. The molecule has 1 atom stereocenters. The van der Waals surface area contributed by atoms with Crippen LogP contribution >= 0.6 is 0 Å². The summed E-state index contributed by atoms with van der Waals surface area (Å²) < 4.78 is 1.54. The molecule has 0 N–H and O–H groups in total. The number of allylic oxidation sites excluding steroid dienone is 2. The van der Waals surface area contributed by atoms with Crippen LogP contribution in [0.5, 0.6) is 0 Å². The minimum absolute atomic E-state index is 0. The molecule has 91 valence electrons. The van der Waals surface area contributed by atoms with Gasteiger partial charge in [-0.3, -0.25) is 0 Å². The minimum atomic E-state index is 0. The Kier molecular flexibility index (Phi) is 7.88. The van der Waals surface area contributed by atoms with Gasteiger partial charge in [-0.1, -0.05) is 0 Å². The SMILES string of the molecule is CC1=C(C)C(C)(CN(C)C)[C]([Ti+2])=C1C.[Cl-].[Cl-]. The quantitative estimate of drug-likeness (QED) is 0.484. The monoisotopic (exact) mass is 296 g/mol. The van der Waals surface area contributed by atoms with Gasteiger partial charge in [0.15, 0.2) is 0 Å². The fourth-order valence-corrected chi connectivity index (χ4v) is 3.02.